The number of esters is 1. The van der Waals surface area contributed by atoms with Crippen LogP contribution < -0.4 is 10.6 Å². The topological polar surface area (TPSA) is 122 Å². The van der Waals surface area contributed by atoms with Crippen molar-refractivity contribution >= 4 is 23.8 Å². The van der Waals surface area contributed by atoms with Crippen LogP contribution in [0.5, 0.6) is 0 Å². The molecule has 8 heteroatoms. The molecule has 0 heterocycles. The molecule has 53 heavy (non-hydrogen) atoms. The Morgan fingerprint density at radius 2 is 1.47 bits per heavy atom. The van der Waals surface area contributed by atoms with Crippen LogP contribution in [0, 0.1) is 50.7 Å². The van der Waals surface area contributed by atoms with Crippen molar-refractivity contribution in [2.24, 2.45) is 50.7 Å². The summed E-state index contributed by atoms with van der Waals surface area (Å²) in [5, 5.41) is 16.5. The molecule has 0 spiro atoms. The van der Waals surface area contributed by atoms with Gasteiger partial charge < -0.3 is 20.5 Å². The standard InChI is InChI=1S/C45H64N2O6/c1-27(2)35-30(48)25-45(47-38(52)46-44(23-24-44)28-13-11-10-12-14-28)22-21-42(8)29(36(35)45)15-16-32-41(7)19-18-33(53-34(49)26-39(3,4)37(50)51)40(5,6)31(41)17-20-43(32,42)9/h10-14,27,29,31-33H,15-26H2,1-9H3,(H,50,51)(H2,46,47,52)/t29?,31?,32?,33-,41?,42+,43+,45+/m0/s1. The van der Waals surface area contributed by atoms with Gasteiger partial charge in [0.2, 0.25) is 0 Å². The summed E-state index contributed by atoms with van der Waals surface area (Å²) in [6.45, 7) is 19.6. The molecule has 6 aliphatic carbocycles. The number of hydrogen-bond donors (Lipinski definition) is 3. The summed E-state index contributed by atoms with van der Waals surface area (Å²) in [4.78, 5) is 52.9. The predicted octanol–water partition coefficient (Wildman–Crippen LogP) is 9.12. The number of ketones is 1. The third kappa shape index (κ3) is 5.72. The molecule has 7 rings (SSSR count). The van der Waals surface area contributed by atoms with Gasteiger partial charge in [0.15, 0.2) is 5.78 Å². The molecule has 1 aromatic rings. The highest BCUT2D eigenvalue weighted by atomic mass is 16.5. The number of nitrogens with one attached hydrogen (secondary N) is 2. The fraction of sp³-hybridized carbons (Fsp3) is 0.733. The minimum atomic E-state index is -1.17. The second kappa shape index (κ2) is 12.4. The van der Waals surface area contributed by atoms with Crippen LogP contribution in [0.1, 0.15) is 145 Å². The van der Waals surface area contributed by atoms with Crippen molar-refractivity contribution in [2.75, 3.05) is 0 Å². The largest absolute Gasteiger partial charge is 0.481 e. The number of urea groups is 1. The molecule has 8 atom stereocenters. The van der Waals surface area contributed by atoms with Gasteiger partial charge in [0.1, 0.15) is 6.10 Å². The first-order valence-corrected chi connectivity index (χ1v) is 20.5. The fourth-order valence-electron chi connectivity index (χ4n) is 13.4. The van der Waals surface area contributed by atoms with Crippen LogP contribution in [0.2, 0.25) is 0 Å². The van der Waals surface area contributed by atoms with Crippen molar-refractivity contribution in [3.8, 4) is 0 Å². The Hall–Kier alpha value is -3.16. The highest BCUT2D eigenvalue weighted by molar-refractivity contribution is 6.02. The van der Waals surface area contributed by atoms with E-state index in [1.165, 1.54) is 5.57 Å². The summed E-state index contributed by atoms with van der Waals surface area (Å²) in [6, 6.07) is 10.1. The number of rotatable bonds is 8. The first-order chi connectivity index (χ1) is 24.7. The zero-order chi connectivity index (χ0) is 38.6. The Morgan fingerprint density at radius 1 is 0.830 bits per heavy atom. The van der Waals surface area contributed by atoms with Crippen LogP contribution in [0.15, 0.2) is 41.5 Å². The lowest BCUT2D eigenvalue weighted by molar-refractivity contribution is -0.232. The maximum atomic E-state index is 14.1. The lowest BCUT2D eigenvalue weighted by atomic mass is 9.33. The van der Waals surface area contributed by atoms with E-state index >= 15 is 0 Å². The Labute approximate surface area is 317 Å². The van der Waals surface area contributed by atoms with Crippen molar-refractivity contribution in [1.82, 2.24) is 10.6 Å². The van der Waals surface area contributed by atoms with E-state index in [9.17, 15) is 24.3 Å². The molecule has 1 aromatic carbocycles. The van der Waals surface area contributed by atoms with Gasteiger partial charge in [-0.2, -0.15) is 0 Å². The summed E-state index contributed by atoms with van der Waals surface area (Å²) < 4.78 is 6.17. The highest BCUT2D eigenvalue weighted by Crippen LogP contribution is 2.76. The van der Waals surface area contributed by atoms with Crippen molar-refractivity contribution in [3.05, 3.63) is 47.0 Å². The van der Waals surface area contributed by atoms with E-state index < -0.39 is 22.9 Å². The van der Waals surface area contributed by atoms with E-state index in [1.54, 1.807) is 13.8 Å². The zero-order valence-corrected chi connectivity index (χ0v) is 33.7. The van der Waals surface area contributed by atoms with E-state index in [2.05, 4.69) is 71.2 Å². The summed E-state index contributed by atoms with van der Waals surface area (Å²) in [7, 11) is 0. The van der Waals surface area contributed by atoms with Crippen molar-refractivity contribution < 1.29 is 29.0 Å². The van der Waals surface area contributed by atoms with Gasteiger partial charge in [0.05, 0.1) is 22.9 Å². The number of Topliss-reactive ketones (excluding diaryl/α,β-unsaturated/α-hetero) is 1. The lowest BCUT2D eigenvalue weighted by Crippen LogP contribution is -2.67. The number of hydrogen-bond acceptors (Lipinski definition) is 5. The van der Waals surface area contributed by atoms with E-state index in [-0.39, 0.29) is 63.4 Å². The van der Waals surface area contributed by atoms with Crippen LogP contribution in [-0.2, 0) is 24.7 Å². The maximum Gasteiger partial charge on any atom is 0.316 e. The van der Waals surface area contributed by atoms with Crippen molar-refractivity contribution in [2.45, 2.75) is 157 Å². The summed E-state index contributed by atoms with van der Waals surface area (Å²) in [5.41, 5.74) is 0.973. The Kier molecular flexibility index (Phi) is 8.94. The Bertz CT molecular complexity index is 1720. The van der Waals surface area contributed by atoms with E-state index in [0.717, 1.165) is 75.3 Å². The Morgan fingerprint density at radius 3 is 2.09 bits per heavy atom. The summed E-state index contributed by atoms with van der Waals surface area (Å²) in [5.74, 6) is -0.0772. The van der Waals surface area contributed by atoms with Gasteiger partial charge in [-0.1, -0.05) is 78.8 Å². The van der Waals surface area contributed by atoms with Gasteiger partial charge in [0.25, 0.3) is 0 Å². The van der Waals surface area contributed by atoms with E-state index in [1.807, 2.05) is 18.2 Å². The summed E-state index contributed by atoms with van der Waals surface area (Å²) >= 11 is 0. The molecule has 0 radical (unpaired) electrons. The van der Waals surface area contributed by atoms with E-state index in [0.29, 0.717) is 18.3 Å². The predicted molar refractivity (Wildman–Crippen MR) is 205 cm³/mol. The molecule has 6 aliphatic rings. The smallest absolute Gasteiger partial charge is 0.316 e. The third-order valence-corrected chi connectivity index (χ3v) is 16.6. The van der Waals surface area contributed by atoms with Gasteiger partial charge in [-0.05, 0) is 135 Å². The first kappa shape index (κ1) is 38.1. The number of benzene rings is 1. The van der Waals surface area contributed by atoms with Crippen LogP contribution in [-0.4, -0.2) is 40.5 Å². The molecule has 3 N–H and O–H groups in total. The minimum absolute atomic E-state index is 0.0345. The number of carboxylic acid groups (broad SMARTS) is 1. The lowest BCUT2D eigenvalue weighted by Gasteiger charge is -2.72. The number of fused-ring (bicyclic) bond motifs is 7. The molecule has 0 aromatic heterocycles. The third-order valence-electron chi connectivity index (χ3n) is 16.6. The second-order valence-corrected chi connectivity index (χ2v) is 20.5. The Balaban J connectivity index is 1.15. The van der Waals surface area contributed by atoms with Gasteiger partial charge in [-0.3, -0.25) is 14.4 Å². The normalized spacial score (nSPS) is 38.2. The van der Waals surface area contributed by atoms with Crippen molar-refractivity contribution in [3.63, 3.8) is 0 Å². The molecule has 4 unspecified atom stereocenters. The average molecular weight is 729 g/mol. The molecular weight excluding hydrogens is 665 g/mol. The second-order valence-electron chi connectivity index (χ2n) is 20.5. The average Bonchev–Trinajstić information content (AvgIpc) is 3.78. The van der Waals surface area contributed by atoms with E-state index in [4.69, 9.17) is 4.74 Å². The molecule has 2 amide bonds. The number of allylic oxidation sites excluding steroid dienone is 1. The van der Waals surface area contributed by atoms with Crippen LogP contribution in [0.4, 0.5) is 4.79 Å². The molecule has 0 bridgehead atoms. The van der Waals surface area contributed by atoms with Crippen LogP contribution in [0.3, 0.4) is 0 Å². The molecule has 0 aliphatic heterocycles. The molecule has 5 saturated carbocycles. The van der Waals surface area contributed by atoms with Crippen LogP contribution >= 0.6 is 0 Å². The van der Waals surface area contributed by atoms with Crippen molar-refractivity contribution in [1.29, 1.82) is 0 Å². The van der Waals surface area contributed by atoms with Gasteiger partial charge in [-0.25, -0.2) is 4.79 Å². The maximum absolute atomic E-state index is 14.1. The number of aliphatic carboxylic acids is 1. The molecule has 0 saturated heterocycles. The van der Waals surface area contributed by atoms with Gasteiger partial charge >= 0.3 is 18.0 Å². The number of amides is 2. The monoisotopic (exact) mass is 728 g/mol. The quantitative estimate of drug-likeness (QED) is 0.230. The number of ether oxygens (including phenoxy) is 1. The number of carbonyl (C=O) groups is 4. The SMILES string of the molecule is CC(C)C1=C2C3CCC4C5(C)CC[C@H](OC(=O)CC(C)(C)C(=O)O)C(C)(C)C5CC[C@@]4(C)[C@]3(C)CC[C@@]2(NC(=O)NC2(c3ccccc3)CC2)CC1=O. The van der Waals surface area contributed by atoms with Gasteiger partial charge in [0, 0.05) is 11.8 Å². The number of carboxylic acids is 1. The minimum Gasteiger partial charge on any atom is -0.481 e. The number of carbonyl (C=O) groups excluding carboxylic acids is 3. The van der Waals surface area contributed by atoms with Crippen LogP contribution in [0.25, 0.3) is 0 Å². The fourth-order valence-corrected chi connectivity index (χ4v) is 13.4. The molecule has 290 valence electrons. The summed E-state index contributed by atoms with van der Waals surface area (Å²) in [6.07, 6.45) is 9.44. The molecular formula is C45H64N2O6. The first-order valence-electron chi connectivity index (χ1n) is 20.5. The highest BCUT2D eigenvalue weighted by Gasteiger charge is 2.70. The zero-order valence-electron chi connectivity index (χ0n) is 33.7. The van der Waals surface area contributed by atoms with Gasteiger partial charge in [-0.15, -0.1) is 0 Å². The molecule has 5 fully saturated rings. The molecule has 8 nitrogen and oxygen atoms in total.